The van der Waals surface area contributed by atoms with Crippen LogP contribution in [0.5, 0.6) is 0 Å². The fourth-order valence-corrected chi connectivity index (χ4v) is 3.74. The van der Waals surface area contributed by atoms with Gasteiger partial charge < -0.3 is 19.5 Å². The summed E-state index contributed by atoms with van der Waals surface area (Å²) in [7, 11) is 0. The molecule has 5 nitrogen and oxygen atoms in total. The Bertz CT molecular complexity index is 754. The highest BCUT2D eigenvalue weighted by Gasteiger charge is 2.22. The monoisotopic (exact) mass is 489 g/mol. The predicted molar refractivity (Wildman–Crippen MR) is 108 cm³/mol. The zero-order chi connectivity index (χ0) is 18.0. The number of carbonyl (C=O) groups is 1. The Labute approximate surface area is 168 Å². The number of para-hydroxylation sites is 1. The lowest BCUT2D eigenvalue weighted by molar-refractivity contribution is 0.0995. The van der Waals surface area contributed by atoms with Crippen LogP contribution in [0.1, 0.15) is 17.5 Å². The molecule has 1 N–H and O–H groups in total. The van der Waals surface area contributed by atoms with Gasteiger partial charge in [-0.3, -0.25) is 4.79 Å². The van der Waals surface area contributed by atoms with Gasteiger partial charge in [-0.25, -0.2) is 0 Å². The summed E-state index contributed by atoms with van der Waals surface area (Å²) < 4.78 is 6.58. The van der Waals surface area contributed by atoms with Gasteiger partial charge in [-0.15, -0.1) is 0 Å². The number of amides is 1. The number of benzene rings is 1. The minimum absolute atomic E-state index is 0.223. The largest absolute Gasteiger partial charge is 0.443 e. The van der Waals surface area contributed by atoms with Crippen LogP contribution in [0.15, 0.2) is 37.8 Å². The molecule has 134 valence electrons. The van der Waals surface area contributed by atoms with Crippen LogP contribution in [0.25, 0.3) is 0 Å². The number of hydrogen-bond donors (Lipinski definition) is 1. The number of likely N-dealkylation sites (N-methyl/N-ethyl adjacent to an activating group) is 1. The first kappa shape index (κ1) is 18.8. The van der Waals surface area contributed by atoms with E-state index in [4.69, 9.17) is 16.0 Å². The van der Waals surface area contributed by atoms with Crippen LogP contribution in [0.3, 0.4) is 0 Å². The molecule has 0 bridgehead atoms. The van der Waals surface area contributed by atoms with Gasteiger partial charge in [-0.05, 0) is 50.5 Å². The highest BCUT2D eigenvalue weighted by atomic mass is 79.9. The van der Waals surface area contributed by atoms with Crippen molar-refractivity contribution in [3.8, 4) is 0 Å². The molecule has 1 amide bonds. The van der Waals surface area contributed by atoms with Crippen molar-refractivity contribution >= 4 is 60.7 Å². The lowest BCUT2D eigenvalue weighted by atomic mass is 10.2. The molecule has 1 aliphatic rings. The van der Waals surface area contributed by atoms with Gasteiger partial charge in [0.25, 0.3) is 5.91 Å². The Kier molecular flexibility index (Phi) is 6.09. The van der Waals surface area contributed by atoms with Crippen molar-refractivity contribution in [2.75, 3.05) is 42.9 Å². The van der Waals surface area contributed by atoms with Gasteiger partial charge in [0.1, 0.15) is 0 Å². The molecule has 0 radical (unpaired) electrons. The minimum Gasteiger partial charge on any atom is -0.443 e. The van der Waals surface area contributed by atoms with Gasteiger partial charge in [0.05, 0.1) is 20.9 Å². The van der Waals surface area contributed by atoms with Gasteiger partial charge >= 0.3 is 0 Å². The Morgan fingerprint density at radius 3 is 2.60 bits per heavy atom. The molecule has 2 aromatic rings. The molecule has 0 spiro atoms. The van der Waals surface area contributed by atoms with E-state index in [9.17, 15) is 4.79 Å². The van der Waals surface area contributed by atoms with E-state index in [0.717, 1.165) is 38.4 Å². The van der Waals surface area contributed by atoms with Gasteiger partial charge in [0, 0.05) is 32.2 Å². The maximum atomic E-state index is 12.5. The summed E-state index contributed by atoms with van der Waals surface area (Å²) in [6.45, 7) is 6.91. The molecule has 3 rings (SSSR count). The first-order chi connectivity index (χ1) is 12.0. The number of anilines is 2. The summed E-state index contributed by atoms with van der Waals surface area (Å²) in [6, 6.07) is 7.17. The summed E-state index contributed by atoms with van der Waals surface area (Å²) in [5, 5.41) is 3.55. The number of piperazine rings is 1. The number of carbonyl (C=O) groups excluding carboxylic acids is 1. The van der Waals surface area contributed by atoms with E-state index in [2.05, 4.69) is 53.9 Å². The number of halogens is 3. The molecule has 0 unspecified atom stereocenters. The summed E-state index contributed by atoms with van der Waals surface area (Å²) in [5.41, 5.74) is 1.55. The summed E-state index contributed by atoms with van der Waals surface area (Å²) in [5.74, 6) is -0.0948. The summed E-state index contributed by atoms with van der Waals surface area (Å²) in [6.07, 6.45) is 0. The number of furan rings is 1. The zero-order valence-corrected chi connectivity index (χ0v) is 17.6. The third-order valence-corrected chi connectivity index (χ3v) is 6.25. The molecule has 1 aliphatic heterocycles. The van der Waals surface area contributed by atoms with Crippen LogP contribution in [0.2, 0.25) is 5.02 Å². The molecular formula is C17H18Br2ClN3O2. The van der Waals surface area contributed by atoms with Crippen molar-refractivity contribution in [2.24, 2.45) is 0 Å². The van der Waals surface area contributed by atoms with Crippen molar-refractivity contribution in [3.63, 3.8) is 0 Å². The Balaban J connectivity index is 1.82. The quantitative estimate of drug-likeness (QED) is 0.664. The van der Waals surface area contributed by atoms with Gasteiger partial charge in [-0.2, -0.15) is 0 Å². The van der Waals surface area contributed by atoms with E-state index in [1.54, 1.807) is 6.07 Å². The molecule has 0 aliphatic carbocycles. The molecule has 1 aromatic heterocycles. The minimum atomic E-state index is -0.317. The van der Waals surface area contributed by atoms with Crippen molar-refractivity contribution < 1.29 is 9.21 Å². The van der Waals surface area contributed by atoms with Crippen LogP contribution < -0.4 is 10.2 Å². The topological polar surface area (TPSA) is 48.7 Å². The number of nitrogens with one attached hydrogen (secondary N) is 1. The highest BCUT2D eigenvalue weighted by molar-refractivity contribution is 9.13. The smallest absolute Gasteiger partial charge is 0.291 e. The Morgan fingerprint density at radius 1 is 1.28 bits per heavy atom. The van der Waals surface area contributed by atoms with Gasteiger partial charge in [0.15, 0.2) is 10.4 Å². The summed E-state index contributed by atoms with van der Waals surface area (Å²) >= 11 is 13.0. The molecule has 8 heteroatoms. The number of nitrogens with zero attached hydrogens (tertiary/aromatic N) is 2. The average molecular weight is 492 g/mol. The summed E-state index contributed by atoms with van der Waals surface area (Å²) in [4.78, 5) is 17.1. The van der Waals surface area contributed by atoms with Crippen molar-refractivity contribution in [1.29, 1.82) is 0 Å². The van der Waals surface area contributed by atoms with Crippen LogP contribution >= 0.6 is 43.5 Å². The SMILES string of the molecule is CCN1CCN(c2c(Cl)cccc2NC(=O)c2cc(Br)c(Br)o2)CC1. The van der Waals surface area contributed by atoms with Crippen LogP contribution in [0.4, 0.5) is 11.4 Å². The van der Waals surface area contributed by atoms with Crippen LogP contribution in [0, 0.1) is 0 Å². The lowest BCUT2D eigenvalue weighted by Gasteiger charge is -2.36. The van der Waals surface area contributed by atoms with E-state index in [0.29, 0.717) is 19.9 Å². The predicted octanol–water partition coefficient (Wildman–Crippen LogP) is 4.85. The molecule has 1 fully saturated rings. The number of hydrogen-bond acceptors (Lipinski definition) is 4. The van der Waals surface area contributed by atoms with Crippen molar-refractivity contribution in [2.45, 2.75) is 6.92 Å². The Morgan fingerprint density at radius 2 is 2.00 bits per heavy atom. The maximum Gasteiger partial charge on any atom is 0.291 e. The Hall–Kier alpha value is -1.02. The normalized spacial score (nSPS) is 15.4. The standard InChI is InChI=1S/C17H18Br2ClN3O2/c1-2-22-6-8-23(9-7-22)15-12(20)4-3-5-13(15)21-17(24)14-10-11(18)16(19)25-14/h3-5,10H,2,6-9H2,1H3,(H,21,24). The third-order valence-electron chi connectivity index (χ3n) is 4.24. The van der Waals surface area contributed by atoms with Crippen molar-refractivity contribution in [3.05, 3.63) is 44.2 Å². The van der Waals surface area contributed by atoms with Crippen LogP contribution in [-0.4, -0.2) is 43.5 Å². The molecule has 2 heterocycles. The second kappa shape index (κ2) is 8.12. The average Bonchev–Trinajstić information content (AvgIpc) is 2.94. The third kappa shape index (κ3) is 4.22. The molecule has 1 saturated heterocycles. The van der Waals surface area contributed by atoms with E-state index in [-0.39, 0.29) is 11.7 Å². The molecule has 1 aromatic carbocycles. The second-order valence-electron chi connectivity index (χ2n) is 5.74. The van der Waals surface area contributed by atoms with E-state index in [1.807, 2.05) is 18.2 Å². The number of rotatable bonds is 4. The molecule has 0 saturated carbocycles. The van der Waals surface area contributed by atoms with E-state index >= 15 is 0 Å². The highest BCUT2D eigenvalue weighted by Crippen LogP contribution is 2.35. The van der Waals surface area contributed by atoms with Gasteiger partial charge in [0.2, 0.25) is 0 Å². The fraction of sp³-hybridized carbons (Fsp3) is 0.353. The first-order valence-electron chi connectivity index (χ1n) is 8.01. The van der Waals surface area contributed by atoms with E-state index < -0.39 is 0 Å². The van der Waals surface area contributed by atoms with E-state index in [1.165, 1.54) is 0 Å². The maximum absolute atomic E-state index is 12.5. The van der Waals surface area contributed by atoms with Gasteiger partial charge in [-0.1, -0.05) is 24.6 Å². The first-order valence-corrected chi connectivity index (χ1v) is 9.98. The second-order valence-corrected chi connectivity index (χ2v) is 7.73. The zero-order valence-electron chi connectivity index (χ0n) is 13.7. The lowest BCUT2D eigenvalue weighted by Crippen LogP contribution is -2.46. The molecular weight excluding hydrogens is 473 g/mol. The molecule has 0 atom stereocenters. The fourth-order valence-electron chi connectivity index (χ4n) is 2.87. The molecule has 25 heavy (non-hydrogen) atoms. The van der Waals surface area contributed by atoms with Crippen LogP contribution in [-0.2, 0) is 0 Å². The van der Waals surface area contributed by atoms with Crippen molar-refractivity contribution in [1.82, 2.24) is 4.90 Å².